The second kappa shape index (κ2) is 5.78. The predicted octanol–water partition coefficient (Wildman–Crippen LogP) is 5.35. The normalized spacial score (nSPS) is 18.4. The maximum atomic E-state index is 14.6. The van der Waals surface area contributed by atoms with Crippen molar-refractivity contribution in [3.8, 4) is 11.1 Å². The lowest BCUT2D eigenvalue weighted by atomic mass is 9.97. The van der Waals surface area contributed by atoms with E-state index in [0.29, 0.717) is 16.5 Å². The van der Waals surface area contributed by atoms with Gasteiger partial charge in [0.15, 0.2) is 0 Å². The van der Waals surface area contributed by atoms with Gasteiger partial charge in [0.1, 0.15) is 11.6 Å². The molecular formula is C19H17F2NO. The van der Waals surface area contributed by atoms with Crippen LogP contribution in [0, 0.1) is 11.6 Å². The van der Waals surface area contributed by atoms with Crippen LogP contribution in [0.4, 0.5) is 8.78 Å². The molecule has 1 atom stereocenters. The van der Waals surface area contributed by atoms with Gasteiger partial charge in [-0.05, 0) is 42.5 Å². The van der Waals surface area contributed by atoms with Crippen molar-refractivity contribution in [1.82, 2.24) is 4.98 Å². The van der Waals surface area contributed by atoms with Crippen LogP contribution >= 0.6 is 0 Å². The van der Waals surface area contributed by atoms with Crippen LogP contribution in [-0.2, 0) is 4.74 Å². The fourth-order valence-corrected chi connectivity index (χ4v) is 3.26. The van der Waals surface area contributed by atoms with E-state index in [4.69, 9.17) is 4.74 Å². The van der Waals surface area contributed by atoms with Crippen molar-refractivity contribution in [2.24, 2.45) is 0 Å². The Hall–Kier alpha value is -2.20. The number of aromatic nitrogens is 1. The molecule has 118 valence electrons. The quantitative estimate of drug-likeness (QED) is 0.677. The minimum atomic E-state index is -0.556. The summed E-state index contributed by atoms with van der Waals surface area (Å²) in [6.07, 6.45) is 4.96. The van der Waals surface area contributed by atoms with Crippen molar-refractivity contribution in [2.75, 3.05) is 6.61 Å². The number of hydrogen-bond donors (Lipinski definition) is 1. The highest BCUT2D eigenvalue weighted by Crippen LogP contribution is 2.33. The minimum absolute atomic E-state index is 0.0215. The van der Waals surface area contributed by atoms with E-state index in [1.807, 2.05) is 12.1 Å². The van der Waals surface area contributed by atoms with Gasteiger partial charge in [0.2, 0.25) is 0 Å². The Bertz CT molecular complexity index is 832. The summed E-state index contributed by atoms with van der Waals surface area (Å²) in [6.45, 7) is 0.778. The number of nitrogens with one attached hydrogen (secondary N) is 1. The van der Waals surface area contributed by atoms with Crippen molar-refractivity contribution in [1.29, 1.82) is 0 Å². The first kappa shape index (κ1) is 14.4. The number of hydrogen-bond acceptors (Lipinski definition) is 1. The molecule has 1 saturated heterocycles. The standard InChI is InChI=1S/C19H17F2NO/c20-15-11-16-14(8-9-22-16)19(21)18(15)13-6-4-12(5-7-13)17-3-1-2-10-23-17/h4-9,11,17,22H,1-3,10H2. The van der Waals surface area contributed by atoms with E-state index in [0.717, 1.165) is 31.4 Å². The average molecular weight is 313 g/mol. The Morgan fingerprint density at radius 3 is 2.61 bits per heavy atom. The molecule has 1 fully saturated rings. The van der Waals surface area contributed by atoms with Crippen molar-refractivity contribution in [3.63, 3.8) is 0 Å². The summed E-state index contributed by atoms with van der Waals surface area (Å²) in [7, 11) is 0. The number of aromatic amines is 1. The Morgan fingerprint density at radius 1 is 1.04 bits per heavy atom. The molecule has 4 rings (SSSR count). The Balaban J connectivity index is 1.73. The molecule has 1 aliphatic rings. The van der Waals surface area contributed by atoms with E-state index in [1.54, 1.807) is 24.4 Å². The zero-order valence-corrected chi connectivity index (χ0v) is 12.6. The molecule has 0 saturated carbocycles. The number of rotatable bonds is 2. The van der Waals surface area contributed by atoms with Gasteiger partial charge in [-0.15, -0.1) is 0 Å². The van der Waals surface area contributed by atoms with Crippen molar-refractivity contribution in [2.45, 2.75) is 25.4 Å². The fourth-order valence-electron chi connectivity index (χ4n) is 3.26. The molecule has 0 spiro atoms. The summed E-state index contributed by atoms with van der Waals surface area (Å²) in [5, 5.41) is 0.404. The van der Waals surface area contributed by atoms with Crippen LogP contribution in [0.15, 0.2) is 42.6 Å². The third kappa shape index (κ3) is 2.53. The van der Waals surface area contributed by atoms with Gasteiger partial charge in [-0.25, -0.2) is 8.78 Å². The van der Waals surface area contributed by atoms with Crippen LogP contribution in [0.25, 0.3) is 22.0 Å². The molecule has 2 heterocycles. The summed E-state index contributed by atoms with van der Waals surface area (Å²) in [6, 6.07) is 10.3. The summed E-state index contributed by atoms with van der Waals surface area (Å²) >= 11 is 0. The van der Waals surface area contributed by atoms with Gasteiger partial charge in [-0.1, -0.05) is 24.3 Å². The van der Waals surface area contributed by atoms with E-state index in [-0.39, 0.29) is 11.7 Å². The first-order valence-electron chi connectivity index (χ1n) is 7.91. The van der Waals surface area contributed by atoms with Crippen LogP contribution in [-0.4, -0.2) is 11.6 Å². The number of ether oxygens (including phenoxy) is 1. The molecule has 2 nitrogen and oxygen atoms in total. The SMILES string of the molecule is Fc1cc2[nH]ccc2c(F)c1-c1ccc(C2CCCCO2)cc1. The van der Waals surface area contributed by atoms with E-state index >= 15 is 0 Å². The van der Waals surface area contributed by atoms with Crippen LogP contribution in [0.3, 0.4) is 0 Å². The summed E-state index contributed by atoms with van der Waals surface area (Å²) in [5.74, 6) is -1.08. The second-order valence-corrected chi connectivity index (χ2v) is 5.96. The molecule has 0 amide bonds. The highest BCUT2D eigenvalue weighted by Gasteiger charge is 2.18. The third-order valence-corrected chi connectivity index (χ3v) is 4.50. The summed E-state index contributed by atoms with van der Waals surface area (Å²) < 4.78 is 34.7. The molecule has 2 aromatic carbocycles. The van der Waals surface area contributed by atoms with E-state index in [2.05, 4.69) is 4.98 Å². The lowest BCUT2D eigenvalue weighted by Crippen LogP contribution is -2.11. The van der Waals surface area contributed by atoms with Crippen molar-refractivity contribution < 1.29 is 13.5 Å². The van der Waals surface area contributed by atoms with E-state index in [9.17, 15) is 8.78 Å². The monoisotopic (exact) mass is 313 g/mol. The number of halogens is 2. The molecule has 1 aromatic heterocycles. The van der Waals surface area contributed by atoms with Gasteiger partial charge in [0.05, 0.1) is 17.2 Å². The molecule has 3 aromatic rings. The summed E-state index contributed by atoms with van der Waals surface area (Å²) in [4.78, 5) is 2.84. The molecule has 0 radical (unpaired) electrons. The first-order chi connectivity index (χ1) is 11.2. The second-order valence-electron chi connectivity index (χ2n) is 5.96. The molecule has 0 aliphatic carbocycles. The highest BCUT2D eigenvalue weighted by atomic mass is 19.1. The average Bonchev–Trinajstić information content (AvgIpc) is 3.05. The van der Waals surface area contributed by atoms with Gasteiger partial charge in [-0.2, -0.15) is 0 Å². The third-order valence-electron chi connectivity index (χ3n) is 4.50. The van der Waals surface area contributed by atoms with Crippen LogP contribution in [0.5, 0.6) is 0 Å². The Labute approximate surface area is 133 Å². The molecule has 0 bridgehead atoms. The van der Waals surface area contributed by atoms with Gasteiger partial charge in [0.25, 0.3) is 0 Å². The van der Waals surface area contributed by atoms with Crippen molar-refractivity contribution >= 4 is 10.9 Å². The topological polar surface area (TPSA) is 25.0 Å². The molecule has 4 heteroatoms. The molecular weight excluding hydrogens is 296 g/mol. The molecule has 1 aliphatic heterocycles. The summed E-state index contributed by atoms with van der Waals surface area (Å²) in [5.41, 5.74) is 2.10. The van der Waals surface area contributed by atoms with E-state index in [1.165, 1.54) is 6.07 Å². The largest absolute Gasteiger partial charge is 0.374 e. The number of H-pyrrole nitrogens is 1. The van der Waals surface area contributed by atoms with E-state index < -0.39 is 11.6 Å². The zero-order valence-electron chi connectivity index (χ0n) is 12.6. The lowest BCUT2D eigenvalue weighted by molar-refractivity contribution is 0.0149. The highest BCUT2D eigenvalue weighted by molar-refractivity contribution is 5.86. The maximum absolute atomic E-state index is 14.6. The van der Waals surface area contributed by atoms with Crippen LogP contribution in [0.1, 0.15) is 30.9 Å². The zero-order chi connectivity index (χ0) is 15.8. The molecule has 1 unspecified atom stereocenters. The minimum Gasteiger partial charge on any atom is -0.374 e. The first-order valence-corrected chi connectivity index (χ1v) is 7.91. The van der Waals surface area contributed by atoms with Gasteiger partial charge < -0.3 is 9.72 Å². The van der Waals surface area contributed by atoms with Gasteiger partial charge >= 0.3 is 0 Å². The molecule has 23 heavy (non-hydrogen) atoms. The van der Waals surface area contributed by atoms with Gasteiger partial charge in [0, 0.05) is 18.2 Å². The van der Waals surface area contributed by atoms with Crippen LogP contribution in [0.2, 0.25) is 0 Å². The Morgan fingerprint density at radius 2 is 1.87 bits per heavy atom. The lowest BCUT2D eigenvalue weighted by Gasteiger charge is -2.23. The van der Waals surface area contributed by atoms with Crippen LogP contribution < -0.4 is 0 Å². The van der Waals surface area contributed by atoms with Gasteiger partial charge in [-0.3, -0.25) is 0 Å². The number of fused-ring (bicyclic) bond motifs is 1. The fraction of sp³-hybridized carbons (Fsp3) is 0.263. The van der Waals surface area contributed by atoms with Crippen molar-refractivity contribution in [3.05, 3.63) is 59.8 Å². The predicted molar refractivity (Wildman–Crippen MR) is 86.2 cm³/mol. The Kier molecular flexibility index (Phi) is 3.62. The smallest absolute Gasteiger partial charge is 0.143 e. The maximum Gasteiger partial charge on any atom is 0.143 e. The number of benzene rings is 2. The molecule has 1 N–H and O–H groups in total.